The Labute approximate surface area is 68.8 Å². The molecule has 1 aliphatic heterocycles. The molecule has 0 aromatic rings. The van der Waals surface area contributed by atoms with Gasteiger partial charge in [0, 0.05) is 0 Å². The molecule has 0 radical (unpaired) electrons. The van der Waals surface area contributed by atoms with Gasteiger partial charge in [0.2, 0.25) is 0 Å². The zero-order valence-electron chi connectivity index (χ0n) is 6.93. The van der Waals surface area contributed by atoms with Crippen LogP contribution in [0.1, 0.15) is 1.37 Å². The van der Waals surface area contributed by atoms with E-state index in [0.29, 0.717) is 0 Å². The van der Waals surface area contributed by atoms with Crippen LogP contribution in [0.4, 0.5) is 0 Å². The number of Topliss-reactive ketones (excluding diaryl/α,β-unsaturated/α-hetero) is 1. The molecule has 12 heavy (non-hydrogen) atoms. The zero-order valence-corrected chi connectivity index (χ0v) is 5.93. The van der Waals surface area contributed by atoms with E-state index in [9.17, 15) is 9.59 Å². The van der Waals surface area contributed by atoms with Crippen LogP contribution >= 0.6 is 0 Å². The van der Waals surface area contributed by atoms with Crippen molar-refractivity contribution in [3.63, 3.8) is 0 Å². The van der Waals surface area contributed by atoms with E-state index in [0.717, 1.165) is 0 Å². The summed E-state index contributed by atoms with van der Waals surface area (Å²) in [5.74, 6) is -2.67. The number of aliphatic hydroxyl groups is 3. The van der Waals surface area contributed by atoms with Crippen molar-refractivity contribution in [2.45, 2.75) is 18.3 Å². The smallest absolute Gasteiger partial charge is 0.378 e. The number of hydrogen-bond donors (Lipinski definition) is 3. The van der Waals surface area contributed by atoms with Crippen molar-refractivity contribution in [3.8, 4) is 0 Å². The van der Waals surface area contributed by atoms with E-state index in [1.807, 2.05) is 0 Å². The van der Waals surface area contributed by atoms with Gasteiger partial charge in [0.25, 0.3) is 5.78 Å². The monoisotopic (exact) mass is 177 g/mol. The Morgan fingerprint density at radius 1 is 1.67 bits per heavy atom. The number of ketones is 1. The summed E-state index contributed by atoms with van der Waals surface area (Å²) in [6.45, 7) is -0.888. The minimum Gasteiger partial charge on any atom is -0.450 e. The summed E-state index contributed by atoms with van der Waals surface area (Å²) < 4.78 is 11.4. The van der Waals surface area contributed by atoms with Gasteiger partial charge in [-0.15, -0.1) is 0 Å². The first-order chi connectivity index (χ1) is 5.93. The minimum atomic E-state index is -2.48. The standard InChI is InChI=1S/C6H8O6/c7-1-2(8)5-3(9)4(10)6(11)12-5/h2-3,5,7-9H,1H2/t2-,3?,5+/m0/s1/i5D. The molecule has 3 atom stereocenters. The van der Waals surface area contributed by atoms with Crippen molar-refractivity contribution in [3.05, 3.63) is 0 Å². The maximum Gasteiger partial charge on any atom is 0.378 e. The Balaban J connectivity index is 2.93. The molecule has 1 rings (SSSR count). The fourth-order valence-corrected chi connectivity index (χ4v) is 0.794. The van der Waals surface area contributed by atoms with E-state index in [1.54, 1.807) is 0 Å². The Morgan fingerprint density at radius 3 is 2.58 bits per heavy atom. The summed E-state index contributed by atoms with van der Waals surface area (Å²) in [4.78, 5) is 21.3. The Morgan fingerprint density at radius 2 is 2.25 bits per heavy atom. The third kappa shape index (κ3) is 1.31. The normalized spacial score (nSPS) is 39.2. The second-order valence-electron chi connectivity index (χ2n) is 2.26. The largest absolute Gasteiger partial charge is 0.450 e. The first kappa shape index (κ1) is 7.66. The van der Waals surface area contributed by atoms with Gasteiger partial charge in [-0.25, -0.2) is 4.79 Å². The van der Waals surface area contributed by atoms with Crippen LogP contribution in [0.15, 0.2) is 0 Å². The summed E-state index contributed by atoms with van der Waals surface area (Å²) in [7, 11) is 0. The highest BCUT2D eigenvalue weighted by molar-refractivity contribution is 6.37. The van der Waals surface area contributed by atoms with Gasteiger partial charge in [0.15, 0.2) is 12.2 Å². The van der Waals surface area contributed by atoms with Gasteiger partial charge >= 0.3 is 5.97 Å². The first-order valence-corrected chi connectivity index (χ1v) is 3.17. The maximum absolute atomic E-state index is 10.7. The number of carbonyl (C=O) groups is 2. The summed E-state index contributed by atoms with van der Waals surface area (Å²) >= 11 is 0. The zero-order chi connectivity index (χ0) is 10.2. The molecule has 1 unspecified atom stereocenters. The van der Waals surface area contributed by atoms with Crippen LogP contribution in [0.2, 0.25) is 0 Å². The minimum absolute atomic E-state index is 0.888. The maximum atomic E-state index is 10.7. The topological polar surface area (TPSA) is 104 Å². The van der Waals surface area contributed by atoms with Gasteiger partial charge in [0.1, 0.15) is 6.10 Å². The number of hydrogen-bond acceptors (Lipinski definition) is 6. The fourth-order valence-electron chi connectivity index (χ4n) is 0.794. The molecule has 1 saturated heterocycles. The molecule has 6 nitrogen and oxygen atoms in total. The van der Waals surface area contributed by atoms with Crippen LogP contribution in [0.3, 0.4) is 0 Å². The van der Waals surface area contributed by atoms with Gasteiger partial charge < -0.3 is 20.1 Å². The lowest BCUT2D eigenvalue weighted by molar-refractivity contribution is -0.152. The van der Waals surface area contributed by atoms with Crippen molar-refractivity contribution in [2.75, 3.05) is 6.61 Å². The SMILES string of the molecule is [2H][C@]1([C@@H](O)CO)OC(=O)C(=O)C1O. The Kier molecular flexibility index (Phi) is 2.03. The molecule has 0 aromatic heterocycles. The highest BCUT2D eigenvalue weighted by Gasteiger charge is 2.45. The molecular weight excluding hydrogens is 168 g/mol. The van der Waals surface area contributed by atoms with Gasteiger partial charge in [-0.3, -0.25) is 4.79 Å². The molecule has 1 heterocycles. The van der Waals surface area contributed by atoms with Crippen LogP contribution in [0, 0.1) is 0 Å². The predicted molar refractivity (Wildman–Crippen MR) is 34.0 cm³/mol. The van der Waals surface area contributed by atoms with Crippen molar-refractivity contribution in [1.82, 2.24) is 0 Å². The van der Waals surface area contributed by atoms with Crippen molar-refractivity contribution in [2.24, 2.45) is 0 Å². The third-order valence-electron chi connectivity index (χ3n) is 1.43. The predicted octanol–water partition coefficient (Wildman–Crippen LogP) is -2.81. The highest BCUT2D eigenvalue weighted by atomic mass is 16.6. The third-order valence-corrected chi connectivity index (χ3v) is 1.43. The second-order valence-corrected chi connectivity index (χ2v) is 2.26. The van der Waals surface area contributed by atoms with E-state index in [1.165, 1.54) is 0 Å². The van der Waals surface area contributed by atoms with Crippen LogP contribution in [-0.2, 0) is 14.3 Å². The summed E-state index contributed by atoms with van der Waals surface area (Å²) in [6, 6.07) is 0. The van der Waals surface area contributed by atoms with Gasteiger partial charge in [-0.2, -0.15) is 0 Å². The average molecular weight is 177 g/mol. The molecule has 0 amide bonds. The number of ether oxygens (including phenoxy) is 1. The van der Waals surface area contributed by atoms with Crippen molar-refractivity contribution in [1.29, 1.82) is 0 Å². The number of carbonyl (C=O) groups excluding carboxylic acids is 2. The van der Waals surface area contributed by atoms with E-state index < -0.39 is 36.6 Å². The molecule has 1 fully saturated rings. The van der Waals surface area contributed by atoms with E-state index in [-0.39, 0.29) is 0 Å². The number of aliphatic hydroxyl groups excluding tert-OH is 3. The lowest BCUT2D eigenvalue weighted by Gasteiger charge is -2.15. The summed E-state index contributed by atoms with van der Waals surface area (Å²) in [5, 5.41) is 26.5. The van der Waals surface area contributed by atoms with Crippen molar-refractivity contribution < 1.29 is 31.0 Å². The van der Waals surface area contributed by atoms with Gasteiger partial charge in [-0.1, -0.05) is 0 Å². The number of rotatable bonds is 2. The van der Waals surface area contributed by atoms with E-state index >= 15 is 0 Å². The lowest BCUT2D eigenvalue weighted by atomic mass is 10.1. The molecule has 0 bridgehead atoms. The van der Waals surface area contributed by atoms with Gasteiger partial charge in [-0.05, 0) is 0 Å². The van der Waals surface area contributed by atoms with Crippen LogP contribution in [0.5, 0.6) is 0 Å². The van der Waals surface area contributed by atoms with E-state index in [4.69, 9.17) is 16.7 Å². The van der Waals surface area contributed by atoms with Gasteiger partial charge in [0.05, 0.1) is 7.98 Å². The molecule has 68 valence electrons. The van der Waals surface area contributed by atoms with Crippen molar-refractivity contribution >= 4 is 11.8 Å². The number of esters is 1. The molecule has 0 aromatic carbocycles. The molecule has 0 aliphatic carbocycles. The summed E-state index contributed by atoms with van der Waals surface area (Å²) in [6.07, 6.45) is -6.34. The quantitative estimate of drug-likeness (QED) is 0.311. The molecule has 0 saturated carbocycles. The van der Waals surface area contributed by atoms with Crippen LogP contribution in [0.25, 0.3) is 0 Å². The fraction of sp³-hybridized carbons (Fsp3) is 0.667. The Bertz CT molecular complexity index is 254. The molecule has 3 N–H and O–H groups in total. The Hall–Kier alpha value is -0.980. The molecule has 0 spiro atoms. The van der Waals surface area contributed by atoms with Crippen LogP contribution < -0.4 is 0 Å². The lowest BCUT2D eigenvalue weighted by Crippen LogP contribution is -2.38. The number of cyclic esters (lactones) is 1. The highest BCUT2D eigenvalue weighted by Crippen LogP contribution is 2.14. The molecular formula is C6H8O6. The molecule has 6 heteroatoms. The molecule has 1 aliphatic rings. The summed E-state index contributed by atoms with van der Waals surface area (Å²) in [5.41, 5.74) is 0. The second kappa shape index (κ2) is 3.18. The van der Waals surface area contributed by atoms with Crippen LogP contribution in [-0.4, -0.2) is 52.0 Å². The van der Waals surface area contributed by atoms with E-state index in [2.05, 4.69) is 4.74 Å². The first-order valence-electron chi connectivity index (χ1n) is 3.67. The average Bonchev–Trinajstić information content (AvgIpc) is 2.30.